The lowest BCUT2D eigenvalue weighted by molar-refractivity contribution is -0.119. The number of carbonyl (C=O) groups excluding carboxylic acids is 2. The number of amides is 2. The van der Waals surface area contributed by atoms with Crippen molar-refractivity contribution in [3.05, 3.63) is 66.1 Å². The predicted molar refractivity (Wildman–Crippen MR) is 115 cm³/mol. The van der Waals surface area contributed by atoms with Gasteiger partial charge in [-0.05, 0) is 30.3 Å². The Labute approximate surface area is 186 Å². The third-order valence-electron chi connectivity index (χ3n) is 5.01. The molecule has 1 fully saturated rings. The first-order valence-electron chi connectivity index (χ1n) is 9.89. The summed E-state index contributed by atoms with van der Waals surface area (Å²) in [5, 5.41) is 14.1. The van der Waals surface area contributed by atoms with Gasteiger partial charge in [0, 0.05) is 36.6 Å². The zero-order valence-corrected chi connectivity index (χ0v) is 17.4. The van der Waals surface area contributed by atoms with Crippen LogP contribution in [-0.4, -0.2) is 52.2 Å². The highest BCUT2D eigenvalue weighted by Crippen LogP contribution is 2.32. The first kappa shape index (κ1) is 21.9. The van der Waals surface area contributed by atoms with Crippen LogP contribution in [0.4, 0.5) is 19.3 Å². The quantitative estimate of drug-likeness (QED) is 0.337. The summed E-state index contributed by atoms with van der Waals surface area (Å²) < 4.78 is 36.6. The Hall–Kier alpha value is -4.28. The van der Waals surface area contributed by atoms with Crippen molar-refractivity contribution in [2.75, 3.05) is 18.0 Å². The molecule has 1 aromatic carbocycles. The molecular formula is C22H19F2N5O4. The van der Waals surface area contributed by atoms with Crippen molar-refractivity contribution in [2.24, 2.45) is 5.16 Å². The second-order valence-electron chi connectivity index (χ2n) is 7.34. The molecule has 2 amide bonds. The highest BCUT2D eigenvalue weighted by atomic mass is 19.1. The first-order valence-corrected chi connectivity index (χ1v) is 9.89. The number of nitrogens with one attached hydrogen (secondary N) is 1. The van der Waals surface area contributed by atoms with E-state index in [1.54, 1.807) is 29.1 Å². The third kappa shape index (κ3) is 4.66. The van der Waals surface area contributed by atoms with Gasteiger partial charge in [0.25, 0.3) is 0 Å². The molecule has 33 heavy (non-hydrogen) atoms. The summed E-state index contributed by atoms with van der Waals surface area (Å²) in [6.07, 6.45) is 4.59. The highest BCUT2D eigenvalue weighted by molar-refractivity contribution is 5.90. The lowest BCUT2D eigenvalue weighted by Gasteiger charge is -2.15. The van der Waals surface area contributed by atoms with Crippen LogP contribution >= 0.6 is 0 Å². The van der Waals surface area contributed by atoms with Gasteiger partial charge in [0.2, 0.25) is 5.91 Å². The van der Waals surface area contributed by atoms with Crippen molar-refractivity contribution in [3.63, 3.8) is 0 Å². The number of anilines is 1. The molecule has 2 aromatic heterocycles. The van der Waals surface area contributed by atoms with Gasteiger partial charge in [-0.3, -0.25) is 9.69 Å². The third-order valence-corrected chi connectivity index (χ3v) is 5.01. The Morgan fingerprint density at radius 3 is 2.73 bits per heavy atom. The number of nitrogens with zero attached hydrogens (tertiary/aromatic N) is 4. The van der Waals surface area contributed by atoms with E-state index in [0.29, 0.717) is 11.4 Å². The van der Waals surface area contributed by atoms with E-state index in [1.165, 1.54) is 25.4 Å². The molecule has 3 aromatic rings. The van der Waals surface area contributed by atoms with Crippen LogP contribution in [0.25, 0.3) is 16.9 Å². The number of oxime groups is 1. The summed E-state index contributed by atoms with van der Waals surface area (Å²) >= 11 is 0. The van der Waals surface area contributed by atoms with E-state index in [-0.39, 0.29) is 35.8 Å². The van der Waals surface area contributed by atoms with Crippen molar-refractivity contribution in [2.45, 2.75) is 13.0 Å². The predicted octanol–water partition coefficient (Wildman–Crippen LogP) is 3.09. The lowest BCUT2D eigenvalue weighted by atomic mass is 10.1. The van der Waals surface area contributed by atoms with Gasteiger partial charge >= 0.3 is 6.09 Å². The number of aromatic nitrogens is 2. The molecule has 0 radical (unpaired) electrons. The van der Waals surface area contributed by atoms with E-state index in [4.69, 9.17) is 9.94 Å². The minimum absolute atomic E-state index is 0.0130. The molecule has 0 aliphatic carbocycles. The first-order chi connectivity index (χ1) is 15.9. The number of benzene rings is 1. The lowest BCUT2D eigenvalue weighted by Crippen LogP contribution is -2.33. The van der Waals surface area contributed by atoms with Crippen molar-refractivity contribution in [1.82, 2.24) is 14.9 Å². The number of carbonyl (C=O) groups is 2. The van der Waals surface area contributed by atoms with Gasteiger partial charge in [0.15, 0.2) is 0 Å². The van der Waals surface area contributed by atoms with E-state index in [0.717, 1.165) is 17.0 Å². The van der Waals surface area contributed by atoms with Crippen LogP contribution < -0.4 is 10.2 Å². The van der Waals surface area contributed by atoms with Crippen molar-refractivity contribution < 1.29 is 28.3 Å². The Balaban J connectivity index is 1.55. The van der Waals surface area contributed by atoms with Gasteiger partial charge in [-0.15, -0.1) is 0 Å². The summed E-state index contributed by atoms with van der Waals surface area (Å²) in [4.78, 5) is 28.5. The second-order valence-corrected chi connectivity index (χ2v) is 7.34. The number of hydrogen-bond donors (Lipinski definition) is 2. The van der Waals surface area contributed by atoms with Gasteiger partial charge in [0.05, 0.1) is 30.6 Å². The number of halogens is 2. The van der Waals surface area contributed by atoms with Crippen LogP contribution in [0, 0.1) is 11.6 Å². The molecule has 1 aliphatic heterocycles. The number of cyclic esters (lactones) is 1. The highest BCUT2D eigenvalue weighted by Gasteiger charge is 2.33. The molecule has 1 saturated heterocycles. The zero-order chi connectivity index (χ0) is 23.5. The molecule has 0 saturated carbocycles. The van der Waals surface area contributed by atoms with Gasteiger partial charge < -0.3 is 19.8 Å². The van der Waals surface area contributed by atoms with Crippen LogP contribution in [0.2, 0.25) is 0 Å². The van der Waals surface area contributed by atoms with Crippen LogP contribution in [0.3, 0.4) is 0 Å². The summed E-state index contributed by atoms with van der Waals surface area (Å²) in [6.45, 7) is 1.49. The van der Waals surface area contributed by atoms with Crippen molar-refractivity contribution in [1.29, 1.82) is 0 Å². The van der Waals surface area contributed by atoms with Gasteiger partial charge in [-0.25, -0.2) is 18.6 Å². The molecule has 4 rings (SSSR count). The van der Waals surface area contributed by atoms with E-state index in [1.807, 2.05) is 0 Å². The minimum Gasteiger partial charge on any atom is -0.442 e. The summed E-state index contributed by atoms with van der Waals surface area (Å²) in [5.74, 6) is -1.50. The molecular weight excluding hydrogens is 436 g/mol. The fraction of sp³-hybridized carbons (Fsp3) is 0.182. The van der Waals surface area contributed by atoms with Crippen LogP contribution in [0.5, 0.6) is 0 Å². The standard InChI is InChI=1S/C22H19F2N5O4/c1-13(30)25-10-17-12-29(22(31)33-17)16-6-18(23)21(19(24)7-16)15-2-3-20(26-9-15)28-5-4-14(11-28)8-27-32/h2-9,11,17,32H,10,12H2,1H3,(H,25,30)/t17-/m0/s1. The molecule has 11 heteroatoms. The minimum atomic E-state index is -0.861. The molecule has 9 nitrogen and oxygen atoms in total. The smallest absolute Gasteiger partial charge is 0.414 e. The number of hydrogen-bond acceptors (Lipinski definition) is 6. The average molecular weight is 455 g/mol. The second kappa shape index (κ2) is 9.07. The van der Waals surface area contributed by atoms with E-state index in [2.05, 4.69) is 15.5 Å². The van der Waals surface area contributed by atoms with E-state index in [9.17, 15) is 18.4 Å². The Morgan fingerprint density at radius 2 is 2.09 bits per heavy atom. The summed E-state index contributed by atoms with van der Waals surface area (Å²) in [7, 11) is 0. The van der Waals surface area contributed by atoms with Crippen LogP contribution in [0.15, 0.2) is 54.1 Å². The van der Waals surface area contributed by atoms with Gasteiger partial charge in [-0.1, -0.05) is 5.16 Å². The van der Waals surface area contributed by atoms with Crippen LogP contribution in [-0.2, 0) is 9.53 Å². The van der Waals surface area contributed by atoms with Gasteiger partial charge in [0.1, 0.15) is 23.6 Å². The van der Waals surface area contributed by atoms with Gasteiger partial charge in [-0.2, -0.15) is 0 Å². The largest absolute Gasteiger partial charge is 0.442 e. The molecule has 1 aliphatic rings. The normalized spacial score (nSPS) is 15.8. The maximum absolute atomic E-state index is 14.9. The van der Waals surface area contributed by atoms with Crippen molar-refractivity contribution >= 4 is 23.9 Å². The number of ether oxygens (including phenoxy) is 1. The zero-order valence-electron chi connectivity index (χ0n) is 17.4. The summed E-state index contributed by atoms with van der Waals surface area (Å²) in [5.41, 5.74) is 0.604. The topological polar surface area (TPSA) is 109 Å². The van der Waals surface area contributed by atoms with Crippen LogP contribution in [0.1, 0.15) is 12.5 Å². The number of pyridine rings is 1. The maximum Gasteiger partial charge on any atom is 0.414 e. The molecule has 3 heterocycles. The van der Waals surface area contributed by atoms with E-state index < -0.39 is 23.8 Å². The summed E-state index contributed by atoms with van der Waals surface area (Å²) in [6, 6.07) is 6.93. The van der Waals surface area contributed by atoms with E-state index >= 15 is 0 Å². The fourth-order valence-electron chi connectivity index (χ4n) is 3.47. The Bertz CT molecular complexity index is 1200. The maximum atomic E-state index is 14.9. The Morgan fingerprint density at radius 1 is 1.33 bits per heavy atom. The number of rotatable bonds is 6. The average Bonchev–Trinajstić information content (AvgIpc) is 3.39. The molecule has 2 N–H and O–H groups in total. The van der Waals surface area contributed by atoms with Crippen molar-refractivity contribution in [3.8, 4) is 16.9 Å². The Kier molecular flexibility index (Phi) is 6.03. The molecule has 0 spiro atoms. The fourth-order valence-corrected chi connectivity index (χ4v) is 3.47. The monoisotopic (exact) mass is 455 g/mol. The SMILES string of the molecule is CC(=O)NC[C@H]1CN(c2cc(F)c(-c3ccc(-n4ccc(C=NO)c4)nc3)c(F)c2)C(=O)O1. The molecule has 1 atom stereocenters. The molecule has 0 unspecified atom stereocenters. The molecule has 0 bridgehead atoms. The molecule has 170 valence electrons.